The Hall–Kier alpha value is 0.500. The monoisotopic (exact) mass is 387 g/mol. The summed E-state index contributed by atoms with van der Waals surface area (Å²) in [5.41, 5.74) is -0.686. The predicted molar refractivity (Wildman–Crippen MR) is 63.7 cm³/mol. The van der Waals surface area contributed by atoms with Crippen LogP contribution in [-0.2, 0) is 22.6 Å². The van der Waals surface area contributed by atoms with Crippen LogP contribution in [0.1, 0.15) is 0 Å². The molecule has 0 aromatic heterocycles. The van der Waals surface area contributed by atoms with Crippen LogP contribution in [-0.4, -0.2) is 47.2 Å². The average molecular weight is 387 g/mol. The van der Waals surface area contributed by atoms with Crippen molar-refractivity contribution in [2.45, 2.75) is 0 Å². The van der Waals surface area contributed by atoms with E-state index in [1.807, 2.05) is 0 Å². The molecule has 2 atom stereocenters. The van der Waals surface area contributed by atoms with Crippen LogP contribution in [0.15, 0.2) is 0 Å². The summed E-state index contributed by atoms with van der Waals surface area (Å²) in [4.78, 5) is 44.7. The van der Waals surface area contributed by atoms with E-state index in [9.17, 15) is 9.13 Å². The standard InChI is InChI=1S/CH3ClO5P2.CH4O.2HO3P/c2-1-9(5,6)7-8(3)4;1-2;2*1-4(2)3/h1H2,(H-,3,4,5,6);2H,1H3;2*(H-,1,2,3)/p+3. The summed E-state index contributed by atoms with van der Waals surface area (Å²) in [6.07, 6.45) is 0. The van der Waals surface area contributed by atoms with Crippen molar-refractivity contribution < 1.29 is 57.0 Å². The zero-order chi connectivity index (χ0) is 16.6. The van der Waals surface area contributed by atoms with Crippen molar-refractivity contribution in [3.8, 4) is 0 Å². The third-order valence-corrected chi connectivity index (χ3v) is 3.14. The van der Waals surface area contributed by atoms with Crippen molar-refractivity contribution >= 4 is 44.0 Å². The fourth-order valence-corrected chi connectivity index (χ4v) is 1.57. The van der Waals surface area contributed by atoms with Crippen LogP contribution in [0.25, 0.3) is 0 Å². The highest BCUT2D eigenvalue weighted by atomic mass is 35.5. The van der Waals surface area contributed by atoms with Crippen molar-refractivity contribution in [3.63, 3.8) is 0 Å². The molecular formula is C2H12ClO12P4+3. The van der Waals surface area contributed by atoms with E-state index in [2.05, 4.69) is 4.31 Å². The smallest absolute Gasteiger partial charge is 0.400 e. The lowest BCUT2D eigenvalue weighted by Gasteiger charge is -1.93. The van der Waals surface area contributed by atoms with Crippen LogP contribution in [0.3, 0.4) is 0 Å². The third kappa shape index (κ3) is 69.7. The number of hydrogen-bond donors (Lipinski definition) is 7. The van der Waals surface area contributed by atoms with Gasteiger partial charge >= 0.3 is 32.4 Å². The molecule has 19 heavy (non-hydrogen) atoms. The first-order valence-electron chi connectivity index (χ1n) is 3.33. The molecule has 0 bridgehead atoms. The Kier molecular flexibility index (Phi) is 27.0. The van der Waals surface area contributed by atoms with Crippen molar-refractivity contribution in [3.05, 3.63) is 0 Å². The molecular weight excluding hydrogens is 375 g/mol. The summed E-state index contributed by atoms with van der Waals surface area (Å²) in [5, 5.41) is 7.00. The van der Waals surface area contributed by atoms with Gasteiger partial charge in [0.1, 0.15) is 5.62 Å². The number of aliphatic hydroxyl groups excluding tert-OH is 1. The number of halogens is 1. The number of hydrogen-bond acceptors (Lipinski definition) is 6. The molecule has 0 aliphatic carbocycles. The largest absolute Gasteiger partial charge is 0.703 e. The van der Waals surface area contributed by atoms with Gasteiger partial charge in [0.15, 0.2) is 0 Å². The molecule has 0 spiro atoms. The predicted octanol–water partition coefficient (Wildman–Crippen LogP) is -0.100. The molecule has 0 aromatic carbocycles. The van der Waals surface area contributed by atoms with Crippen LogP contribution < -0.4 is 0 Å². The molecule has 0 aliphatic rings. The lowest BCUT2D eigenvalue weighted by molar-refractivity contribution is 0.354. The molecule has 0 radical (unpaired) electrons. The highest BCUT2D eigenvalue weighted by Crippen LogP contribution is 2.50. The molecule has 0 aromatic rings. The molecule has 0 aliphatic heterocycles. The Balaban J connectivity index is -0.0000000944. The summed E-state index contributed by atoms with van der Waals surface area (Å²) >= 11 is 4.86. The average Bonchev–Trinajstić information content (AvgIpc) is 2.17. The van der Waals surface area contributed by atoms with E-state index in [1.54, 1.807) is 0 Å². The van der Waals surface area contributed by atoms with Crippen molar-refractivity contribution in [2.24, 2.45) is 0 Å². The summed E-state index contributed by atoms with van der Waals surface area (Å²) in [6, 6.07) is 0. The van der Waals surface area contributed by atoms with E-state index < -0.39 is 38.0 Å². The van der Waals surface area contributed by atoms with Crippen LogP contribution in [0.4, 0.5) is 0 Å². The Morgan fingerprint density at radius 1 is 1.00 bits per heavy atom. The van der Waals surface area contributed by atoms with Gasteiger partial charge in [0, 0.05) is 20.8 Å². The van der Waals surface area contributed by atoms with Crippen LogP contribution >= 0.6 is 44.0 Å². The van der Waals surface area contributed by atoms with Gasteiger partial charge in [0.05, 0.1) is 0 Å². The molecule has 7 N–H and O–H groups in total. The maximum Gasteiger partial charge on any atom is 0.703 e. The lowest BCUT2D eigenvalue weighted by atomic mass is 11.8. The number of aliphatic hydroxyl groups is 1. The summed E-state index contributed by atoms with van der Waals surface area (Å²) < 4.78 is 41.0. The maximum atomic E-state index is 10.3. The van der Waals surface area contributed by atoms with Crippen LogP contribution in [0.5, 0.6) is 0 Å². The second-order valence-corrected chi connectivity index (χ2v) is 5.95. The van der Waals surface area contributed by atoms with E-state index in [-0.39, 0.29) is 0 Å². The molecule has 0 amide bonds. The maximum absolute atomic E-state index is 10.3. The highest BCUT2D eigenvalue weighted by molar-refractivity contribution is 7.61. The highest BCUT2D eigenvalue weighted by Gasteiger charge is 2.31. The van der Waals surface area contributed by atoms with Gasteiger partial charge in [-0.25, -0.2) is 0 Å². The van der Waals surface area contributed by atoms with Gasteiger partial charge < -0.3 is 10.00 Å². The lowest BCUT2D eigenvalue weighted by Crippen LogP contribution is -1.80. The van der Waals surface area contributed by atoms with Crippen molar-refractivity contribution in [2.75, 3.05) is 12.7 Å². The van der Waals surface area contributed by atoms with Gasteiger partial charge in [0.2, 0.25) is 0 Å². The second kappa shape index (κ2) is 18.5. The topological polar surface area (TPSA) is 219 Å². The zero-order valence-corrected chi connectivity index (χ0v) is 13.4. The number of rotatable bonds is 3. The fourth-order valence-electron chi connectivity index (χ4n) is 0.131. The van der Waals surface area contributed by atoms with E-state index in [0.717, 1.165) is 7.11 Å². The first-order valence-corrected chi connectivity index (χ1v) is 9.08. The second-order valence-electron chi connectivity index (χ2n) is 1.58. The van der Waals surface area contributed by atoms with E-state index >= 15 is 0 Å². The van der Waals surface area contributed by atoms with E-state index in [4.69, 9.17) is 55.2 Å². The van der Waals surface area contributed by atoms with Gasteiger partial charge in [-0.2, -0.15) is 0 Å². The summed E-state index contributed by atoms with van der Waals surface area (Å²) in [5.74, 6) is 0. The Bertz CT molecular complexity index is 284. The Labute approximate surface area is 114 Å². The molecule has 0 rings (SSSR count). The third-order valence-electron chi connectivity index (χ3n) is 0.348. The summed E-state index contributed by atoms with van der Waals surface area (Å²) in [7, 11) is -11.8. The van der Waals surface area contributed by atoms with Gasteiger partial charge in [-0.15, -0.1) is 36.1 Å². The minimum Gasteiger partial charge on any atom is -0.400 e. The Morgan fingerprint density at radius 2 is 1.21 bits per heavy atom. The van der Waals surface area contributed by atoms with Crippen LogP contribution in [0.2, 0.25) is 0 Å². The molecule has 116 valence electrons. The molecule has 12 nitrogen and oxygen atoms in total. The van der Waals surface area contributed by atoms with Gasteiger partial charge in [0.25, 0.3) is 0 Å². The minimum atomic E-state index is -4.00. The SMILES string of the molecule is CO.O=[P+](O)O.O=[P+](O)O.O=[P+](O)OP(=O)(O)CCl. The van der Waals surface area contributed by atoms with Gasteiger partial charge in [-0.1, -0.05) is 0 Å². The molecule has 0 saturated heterocycles. The van der Waals surface area contributed by atoms with E-state index in [1.165, 1.54) is 0 Å². The molecule has 17 heteroatoms. The van der Waals surface area contributed by atoms with Crippen molar-refractivity contribution in [1.82, 2.24) is 0 Å². The first kappa shape index (κ1) is 27.8. The minimum absolute atomic E-state index is 0.686. The normalized spacial score (nSPS) is 11.9. The van der Waals surface area contributed by atoms with Gasteiger partial charge in [-0.05, 0) is 4.31 Å². The molecule has 0 fully saturated rings. The molecule has 0 heterocycles. The Morgan fingerprint density at radius 3 is 1.26 bits per heavy atom. The molecule has 2 unspecified atom stereocenters. The van der Waals surface area contributed by atoms with Crippen LogP contribution in [0, 0.1) is 0 Å². The number of alkyl halides is 1. The molecule has 0 saturated carbocycles. The zero-order valence-electron chi connectivity index (χ0n) is 9.05. The van der Waals surface area contributed by atoms with E-state index in [0.29, 0.717) is 0 Å². The fraction of sp³-hybridized carbons (Fsp3) is 1.00. The first-order chi connectivity index (χ1) is 8.44. The van der Waals surface area contributed by atoms with Crippen molar-refractivity contribution in [1.29, 1.82) is 0 Å². The van der Waals surface area contributed by atoms with Gasteiger partial charge in [-0.3, -0.25) is 4.57 Å². The summed E-state index contributed by atoms with van der Waals surface area (Å²) in [6.45, 7) is 0. The quantitative estimate of drug-likeness (QED) is 0.249.